The number of rotatable bonds is 2. The molecule has 3 nitrogen and oxygen atoms in total. The van der Waals surface area contributed by atoms with E-state index in [2.05, 4.69) is 5.10 Å². The molecule has 1 atom stereocenters. The maximum Gasteiger partial charge on any atom is 0.432 e. The summed E-state index contributed by atoms with van der Waals surface area (Å²) < 4.78 is 79.3. The fraction of sp³-hybridized carbons (Fsp3) is 0.467. The predicted octanol–water partition coefficient (Wildman–Crippen LogP) is 4.39. The molecule has 9 heteroatoms. The van der Waals surface area contributed by atoms with Crippen LogP contribution in [0.3, 0.4) is 0 Å². The summed E-state index contributed by atoms with van der Waals surface area (Å²) in [5.41, 5.74) is -5.18. The number of halogens is 6. The Hall–Kier alpha value is -2.06. The Balaban J connectivity index is 2.14. The van der Waals surface area contributed by atoms with E-state index < -0.39 is 46.6 Å². The minimum Gasteiger partial charge on any atom is -0.271 e. The fourth-order valence-electron chi connectivity index (χ4n) is 3.01. The molecular weight excluding hydrogens is 338 g/mol. The molecule has 1 unspecified atom stereocenters. The molecule has 1 aromatic rings. The Morgan fingerprint density at radius 1 is 1.08 bits per heavy atom. The van der Waals surface area contributed by atoms with Crippen LogP contribution < -0.4 is 5.01 Å². The number of hydrogen-bond acceptors (Lipinski definition) is 2. The second-order valence-electron chi connectivity index (χ2n) is 6.05. The molecule has 0 bridgehead atoms. The van der Waals surface area contributed by atoms with Gasteiger partial charge in [-0.05, 0) is 37.8 Å². The van der Waals surface area contributed by atoms with Gasteiger partial charge in [0.05, 0.1) is 11.3 Å². The van der Waals surface area contributed by atoms with Crippen molar-refractivity contribution >= 4 is 17.3 Å². The third-order valence-electron chi connectivity index (χ3n) is 4.43. The third-order valence-corrected chi connectivity index (χ3v) is 4.43. The first-order chi connectivity index (χ1) is 11.0. The minimum absolute atomic E-state index is 0.254. The Labute approximate surface area is 132 Å². The van der Waals surface area contributed by atoms with Crippen LogP contribution in [0.4, 0.5) is 32.0 Å². The quantitative estimate of drug-likeness (QED) is 0.729. The molecule has 24 heavy (non-hydrogen) atoms. The summed E-state index contributed by atoms with van der Waals surface area (Å²) in [6.07, 6.45) is -8.89. The number of anilines is 1. The van der Waals surface area contributed by atoms with Crippen LogP contribution in [0, 0.1) is 11.3 Å². The highest BCUT2D eigenvalue weighted by atomic mass is 19.4. The first-order valence-electron chi connectivity index (χ1n) is 7.14. The van der Waals surface area contributed by atoms with Crippen molar-refractivity contribution in [3.63, 3.8) is 0 Å². The monoisotopic (exact) mass is 350 g/mol. The van der Waals surface area contributed by atoms with Gasteiger partial charge in [-0.1, -0.05) is 12.1 Å². The largest absolute Gasteiger partial charge is 0.432 e. The van der Waals surface area contributed by atoms with E-state index in [0.717, 1.165) is 19.1 Å². The van der Waals surface area contributed by atoms with Gasteiger partial charge in [0, 0.05) is 0 Å². The summed E-state index contributed by atoms with van der Waals surface area (Å²) in [7, 11) is 0. The van der Waals surface area contributed by atoms with Gasteiger partial charge in [0.1, 0.15) is 5.41 Å². The van der Waals surface area contributed by atoms with Crippen LogP contribution in [0.2, 0.25) is 0 Å². The summed E-state index contributed by atoms with van der Waals surface area (Å²) in [6, 6.07) is 3.96. The molecule has 1 aliphatic heterocycles. The summed E-state index contributed by atoms with van der Waals surface area (Å²) in [6.45, 7) is 1.11. The average molecular weight is 350 g/mol. The number of amides is 1. The number of hydrazone groups is 1. The smallest absolute Gasteiger partial charge is 0.271 e. The van der Waals surface area contributed by atoms with Crippen molar-refractivity contribution in [2.24, 2.45) is 16.4 Å². The number of carbonyl (C=O) groups excluding carboxylic acids is 1. The second kappa shape index (κ2) is 4.97. The Bertz CT molecular complexity index is 719. The lowest BCUT2D eigenvalue weighted by atomic mass is 9.79. The van der Waals surface area contributed by atoms with Gasteiger partial charge in [0.25, 0.3) is 5.91 Å². The molecule has 1 heterocycles. The summed E-state index contributed by atoms with van der Waals surface area (Å²) in [5, 5.41) is 3.53. The van der Waals surface area contributed by atoms with E-state index in [4.69, 9.17) is 0 Å². The molecule has 0 spiro atoms. The zero-order valence-electron chi connectivity index (χ0n) is 12.4. The van der Waals surface area contributed by atoms with E-state index in [1.165, 1.54) is 6.07 Å². The van der Waals surface area contributed by atoms with Crippen molar-refractivity contribution < 1.29 is 31.1 Å². The zero-order valence-corrected chi connectivity index (χ0v) is 12.4. The molecule has 0 saturated heterocycles. The molecule has 0 aromatic heterocycles. The van der Waals surface area contributed by atoms with E-state index in [9.17, 15) is 31.1 Å². The van der Waals surface area contributed by atoms with Gasteiger partial charge in [-0.15, -0.1) is 0 Å². The maximum absolute atomic E-state index is 13.3. The summed E-state index contributed by atoms with van der Waals surface area (Å²) in [4.78, 5) is 12.6. The number of benzene rings is 1. The van der Waals surface area contributed by atoms with Crippen molar-refractivity contribution in [3.8, 4) is 0 Å². The SMILES string of the molecule is CC1(C2CC2)C(=O)N(c2ccccc2C(F)(F)F)N=C1C(F)(F)F. The normalized spacial score (nSPS) is 25.2. The zero-order chi connectivity index (χ0) is 17.9. The second-order valence-corrected chi connectivity index (χ2v) is 6.05. The number of carbonyl (C=O) groups is 1. The standard InChI is InChI=1S/C15H12F6N2O/c1-13(8-6-7-8)11(15(19,20)21)22-23(12(13)24)10-5-3-2-4-9(10)14(16,17)18/h2-5,8H,6-7H2,1H3. The molecule has 1 aliphatic carbocycles. The number of hydrogen-bond donors (Lipinski definition) is 0. The average Bonchev–Trinajstić information content (AvgIpc) is 3.26. The molecule has 1 saturated carbocycles. The Morgan fingerprint density at radius 3 is 2.17 bits per heavy atom. The summed E-state index contributed by atoms with van der Waals surface area (Å²) >= 11 is 0. The molecule has 0 N–H and O–H groups in total. The van der Waals surface area contributed by atoms with Crippen LogP contribution in [-0.4, -0.2) is 17.8 Å². The first kappa shape index (κ1) is 16.8. The highest BCUT2D eigenvalue weighted by Crippen LogP contribution is 2.54. The highest BCUT2D eigenvalue weighted by Gasteiger charge is 2.64. The highest BCUT2D eigenvalue weighted by molar-refractivity contribution is 6.21. The lowest BCUT2D eigenvalue weighted by Gasteiger charge is -2.26. The topological polar surface area (TPSA) is 32.7 Å². The van der Waals surface area contributed by atoms with Gasteiger partial charge in [0.2, 0.25) is 0 Å². The predicted molar refractivity (Wildman–Crippen MR) is 73.3 cm³/mol. The van der Waals surface area contributed by atoms with Crippen LogP contribution in [0.15, 0.2) is 29.4 Å². The van der Waals surface area contributed by atoms with Gasteiger partial charge in [0.15, 0.2) is 5.71 Å². The van der Waals surface area contributed by atoms with Crippen LogP contribution in [0.5, 0.6) is 0 Å². The van der Waals surface area contributed by atoms with Gasteiger partial charge >= 0.3 is 12.4 Å². The lowest BCUT2D eigenvalue weighted by Crippen LogP contribution is -2.44. The van der Waals surface area contributed by atoms with E-state index in [0.29, 0.717) is 18.9 Å². The molecule has 3 rings (SSSR count). The number of nitrogens with zero attached hydrogens (tertiary/aromatic N) is 2. The van der Waals surface area contributed by atoms with Crippen LogP contribution in [-0.2, 0) is 11.0 Å². The molecule has 1 amide bonds. The van der Waals surface area contributed by atoms with Crippen molar-refractivity contribution in [2.45, 2.75) is 32.1 Å². The minimum atomic E-state index is -4.89. The van der Waals surface area contributed by atoms with Crippen molar-refractivity contribution in [2.75, 3.05) is 5.01 Å². The Kier molecular flexibility index (Phi) is 3.47. The fourth-order valence-corrected chi connectivity index (χ4v) is 3.01. The molecule has 130 valence electrons. The number of para-hydroxylation sites is 1. The molecule has 1 aromatic carbocycles. The summed E-state index contributed by atoms with van der Waals surface area (Å²) in [5.74, 6) is -1.64. The number of alkyl halides is 6. The van der Waals surface area contributed by atoms with Gasteiger partial charge in [-0.25, -0.2) is 0 Å². The molecular formula is C15H12F6N2O. The Morgan fingerprint density at radius 2 is 1.67 bits per heavy atom. The van der Waals surface area contributed by atoms with Crippen LogP contribution in [0.1, 0.15) is 25.3 Å². The van der Waals surface area contributed by atoms with E-state index in [-0.39, 0.29) is 5.01 Å². The lowest BCUT2D eigenvalue weighted by molar-refractivity contribution is -0.137. The first-order valence-corrected chi connectivity index (χ1v) is 7.14. The van der Waals surface area contributed by atoms with E-state index in [1.54, 1.807) is 0 Å². The maximum atomic E-state index is 13.3. The van der Waals surface area contributed by atoms with Gasteiger partial charge in [-0.2, -0.15) is 36.5 Å². The van der Waals surface area contributed by atoms with Crippen LogP contribution in [0.25, 0.3) is 0 Å². The van der Waals surface area contributed by atoms with Crippen molar-refractivity contribution in [3.05, 3.63) is 29.8 Å². The molecule has 1 fully saturated rings. The molecule has 0 radical (unpaired) electrons. The molecule has 2 aliphatic rings. The van der Waals surface area contributed by atoms with Gasteiger partial charge in [-0.3, -0.25) is 4.79 Å². The van der Waals surface area contributed by atoms with Crippen molar-refractivity contribution in [1.29, 1.82) is 0 Å². The van der Waals surface area contributed by atoms with Gasteiger partial charge < -0.3 is 0 Å². The van der Waals surface area contributed by atoms with Crippen molar-refractivity contribution in [1.82, 2.24) is 0 Å². The van der Waals surface area contributed by atoms with Crippen LogP contribution >= 0.6 is 0 Å². The van der Waals surface area contributed by atoms with E-state index >= 15 is 0 Å². The van der Waals surface area contributed by atoms with E-state index in [1.807, 2.05) is 0 Å². The third kappa shape index (κ3) is 2.46.